The predicted octanol–water partition coefficient (Wildman–Crippen LogP) is 3.79. The van der Waals surface area contributed by atoms with Crippen molar-refractivity contribution in [3.05, 3.63) is 23.8 Å². The third kappa shape index (κ3) is 3.40. The van der Waals surface area contributed by atoms with E-state index in [9.17, 15) is 13.2 Å². The van der Waals surface area contributed by atoms with Crippen molar-refractivity contribution in [2.24, 2.45) is 0 Å². The molecule has 2 aromatic rings. The summed E-state index contributed by atoms with van der Waals surface area (Å²) < 4.78 is 43.9. The van der Waals surface area contributed by atoms with Gasteiger partial charge in [-0.3, -0.25) is 0 Å². The van der Waals surface area contributed by atoms with Crippen molar-refractivity contribution in [3.63, 3.8) is 0 Å². The van der Waals surface area contributed by atoms with Crippen molar-refractivity contribution in [1.29, 1.82) is 0 Å². The van der Waals surface area contributed by atoms with Crippen LogP contribution >= 0.6 is 11.3 Å². The van der Waals surface area contributed by atoms with Crippen molar-refractivity contribution in [2.45, 2.75) is 13.1 Å². The number of alkyl halides is 3. The van der Waals surface area contributed by atoms with Gasteiger partial charge in [0.2, 0.25) is 0 Å². The molecule has 1 aromatic carbocycles. The Balaban J connectivity index is 2.20. The summed E-state index contributed by atoms with van der Waals surface area (Å²) in [7, 11) is 1.85. The fraction of sp³-hybridized carbons (Fsp3) is 0.462. The minimum absolute atomic E-state index is 0.378. The Morgan fingerprint density at radius 2 is 2.10 bits per heavy atom. The highest BCUT2D eigenvalue weighted by Crippen LogP contribution is 2.34. The maximum Gasteiger partial charge on any atom is 0.416 e. The normalized spacial score (nSPS) is 12.1. The number of halogens is 3. The zero-order chi connectivity index (χ0) is 14.8. The number of aromatic nitrogens is 1. The largest absolute Gasteiger partial charge is 0.416 e. The van der Waals surface area contributed by atoms with Crippen molar-refractivity contribution in [2.75, 3.05) is 31.7 Å². The summed E-state index contributed by atoms with van der Waals surface area (Å²) in [5.74, 6) is 0. The molecule has 0 fully saturated rings. The molecule has 0 N–H and O–H groups in total. The molecule has 7 heteroatoms. The molecule has 1 aromatic heterocycles. The van der Waals surface area contributed by atoms with Crippen molar-refractivity contribution >= 4 is 26.7 Å². The van der Waals surface area contributed by atoms with E-state index in [1.54, 1.807) is 0 Å². The number of anilines is 1. The second-order valence-electron chi connectivity index (χ2n) is 4.30. The number of ether oxygens (including phenoxy) is 1. The van der Waals surface area contributed by atoms with E-state index in [4.69, 9.17) is 4.74 Å². The van der Waals surface area contributed by atoms with Gasteiger partial charge in [-0.2, -0.15) is 13.2 Å². The summed E-state index contributed by atoms with van der Waals surface area (Å²) in [5, 5.41) is 0.694. The second-order valence-corrected chi connectivity index (χ2v) is 5.30. The Morgan fingerprint density at radius 3 is 2.75 bits per heavy atom. The van der Waals surface area contributed by atoms with Crippen LogP contribution in [0.4, 0.5) is 18.3 Å². The van der Waals surface area contributed by atoms with Gasteiger partial charge in [-0.05, 0) is 25.1 Å². The molecule has 0 amide bonds. The Labute approximate surface area is 119 Å². The van der Waals surface area contributed by atoms with Crippen LogP contribution < -0.4 is 4.90 Å². The molecular weight excluding hydrogens is 289 g/mol. The van der Waals surface area contributed by atoms with Gasteiger partial charge in [0.25, 0.3) is 0 Å². The van der Waals surface area contributed by atoms with Gasteiger partial charge in [0.05, 0.1) is 22.4 Å². The average Bonchev–Trinajstić information content (AvgIpc) is 2.80. The number of benzene rings is 1. The monoisotopic (exact) mass is 304 g/mol. The highest BCUT2D eigenvalue weighted by atomic mass is 32.1. The number of rotatable bonds is 5. The maximum atomic E-state index is 12.6. The lowest BCUT2D eigenvalue weighted by atomic mass is 10.2. The first-order valence-electron chi connectivity index (χ1n) is 6.18. The summed E-state index contributed by atoms with van der Waals surface area (Å²) >= 11 is 1.37. The van der Waals surface area contributed by atoms with Crippen LogP contribution in [0.15, 0.2) is 18.2 Å². The van der Waals surface area contributed by atoms with E-state index < -0.39 is 11.7 Å². The van der Waals surface area contributed by atoms with Crippen LogP contribution in [-0.4, -0.2) is 31.8 Å². The molecule has 0 aliphatic heterocycles. The average molecular weight is 304 g/mol. The molecule has 0 spiro atoms. The van der Waals surface area contributed by atoms with E-state index in [1.165, 1.54) is 17.4 Å². The predicted molar refractivity (Wildman–Crippen MR) is 74.4 cm³/mol. The molecule has 110 valence electrons. The van der Waals surface area contributed by atoms with Crippen LogP contribution in [0.3, 0.4) is 0 Å². The molecular formula is C13H15F3N2OS. The summed E-state index contributed by atoms with van der Waals surface area (Å²) in [4.78, 5) is 6.14. The van der Waals surface area contributed by atoms with Crippen LogP contribution in [0.5, 0.6) is 0 Å². The maximum absolute atomic E-state index is 12.6. The Hall–Kier alpha value is -1.34. The fourth-order valence-corrected chi connectivity index (χ4v) is 2.63. The number of likely N-dealkylation sites (N-methyl/N-ethyl adjacent to an activating group) is 1. The third-order valence-corrected chi connectivity index (χ3v) is 3.96. The first-order valence-corrected chi connectivity index (χ1v) is 7.00. The topological polar surface area (TPSA) is 25.4 Å². The lowest BCUT2D eigenvalue weighted by molar-refractivity contribution is -0.137. The Bertz CT molecular complexity index is 582. The number of hydrogen-bond acceptors (Lipinski definition) is 4. The third-order valence-electron chi connectivity index (χ3n) is 2.81. The van der Waals surface area contributed by atoms with Crippen molar-refractivity contribution in [1.82, 2.24) is 4.98 Å². The molecule has 0 atom stereocenters. The lowest BCUT2D eigenvalue weighted by Crippen LogP contribution is -2.22. The first kappa shape index (κ1) is 15.1. The van der Waals surface area contributed by atoms with E-state index in [0.717, 1.165) is 16.8 Å². The van der Waals surface area contributed by atoms with Crippen molar-refractivity contribution < 1.29 is 17.9 Å². The van der Waals surface area contributed by atoms with E-state index >= 15 is 0 Å². The van der Waals surface area contributed by atoms with Gasteiger partial charge in [0.1, 0.15) is 0 Å². The van der Waals surface area contributed by atoms with Crippen LogP contribution in [0.2, 0.25) is 0 Å². The number of hydrogen-bond donors (Lipinski definition) is 0. The van der Waals surface area contributed by atoms with Gasteiger partial charge < -0.3 is 9.64 Å². The smallest absolute Gasteiger partial charge is 0.380 e. The summed E-state index contributed by atoms with van der Waals surface area (Å²) in [6.45, 7) is 3.77. The van der Waals surface area contributed by atoms with Crippen LogP contribution in [0, 0.1) is 0 Å². The van der Waals surface area contributed by atoms with E-state index in [0.29, 0.717) is 30.4 Å². The molecule has 0 saturated carbocycles. The number of nitrogens with zero attached hydrogens (tertiary/aromatic N) is 2. The molecule has 0 unspecified atom stereocenters. The van der Waals surface area contributed by atoms with Gasteiger partial charge in [0.15, 0.2) is 5.13 Å². The molecule has 0 bridgehead atoms. The van der Waals surface area contributed by atoms with E-state index in [-0.39, 0.29) is 0 Å². The molecule has 2 rings (SSSR count). The molecule has 0 radical (unpaired) electrons. The number of thiazole rings is 1. The van der Waals surface area contributed by atoms with Gasteiger partial charge in [0, 0.05) is 20.2 Å². The quantitative estimate of drug-likeness (QED) is 0.786. The molecule has 0 aliphatic carbocycles. The lowest BCUT2D eigenvalue weighted by Gasteiger charge is -2.14. The van der Waals surface area contributed by atoms with Crippen LogP contribution in [-0.2, 0) is 10.9 Å². The summed E-state index contributed by atoms with van der Waals surface area (Å²) in [5.41, 5.74) is -0.290. The standard InChI is InChI=1S/C13H15F3N2OS/c1-3-19-7-6-18(2)12-17-10-8-9(13(14,15)16)4-5-11(10)20-12/h4-5,8H,3,6-7H2,1-2H3. The first-order chi connectivity index (χ1) is 9.41. The van der Waals surface area contributed by atoms with Crippen LogP contribution in [0.1, 0.15) is 12.5 Å². The fourth-order valence-electron chi connectivity index (χ4n) is 1.70. The Morgan fingerprint density at radius 1 is 1.35 bits per heavy atom. The van der Waals surface area contributed by atoms with Gasteiger partial charge in [-0.15, -0.1) is 0 Å². The molecule has 0 saturated heterocycles. The van der Waals surface area contributed by atoms with Gasteiger partial charge >= 0.3 is 6.18 Å². The van der Waals surface area contributed by atoms with Crippen LogP contribution in [0.25, 0.3) is 10.2 Å². The second kappa shape index (κ2) is 5.97. The Kier molecular flexibility index (Phi) is 4.49. The minimum Gasteiger partial charge on any atom is -0.380 e. The van der Waals surface area contributed by atoms with E-state index in [1.807, 2.05) is 18.9 Å². The SMILES string of the molecule is CCOCCN(C)c1nc2cc(C(F)(F)F)ccc2s1. The summed E-state index contributed by atoms with van der Waals surface area (Å²) in [6.07, 6.45) is -4.33. The number of fused-ring (bicyclic) bond motifs is 1. The molecule has 3 nitrogen and oxygen atoms in total. The minimum atomic E-state index is -4.33. The molecule has 1 heterocycles. The molecule has 0 aliphatic rings. The van der Waals surface area contributed by atoms with E-state index in [2.05, 4.69) is 4.98 Å². The van der Waals surface area contributed by atoms with Crippen molar-refractivity contribution in [3.8, 4) is 0 Å². The van der Waals surface area contributed by atoms with Gasteiger partial charge in [-0.25, -0.2) is 4.98 Å². The highest BCUT2D eigenvalue weighted by Gasteiger charge is 2.30. The zero-order valence-corrected chi connectivity index (χ0v) is 12.0. The molecule has 20 heavy (non-hydrogen) atoms. The highest BCUT2D eigenvalue weighted by molar-refractivity contribution is 7.22. The van der Waals surface area contributed by atoms with Gasteiger partial charge in [-0.1, -0.05) is 11.3 Å². The zero-order valence-electron chi connectivity index (χ0n) is 11.2. The summed E-state index contributed by atoms with van der Waals surface area (Å²) in [6, 6.07) is 3.64.